The Labute approximate surface area is 125 Å². The minimum Gasteiger partial charge on any atom is -0.378 e. The lowest BCUT2D eigenvalue weighted by Crippen LogP contribution is -2.16. The number of carbonyl (C=O) groups is 1. The van der Waals surface area contributed by atoms with Crippen molar-refractivity contribution in [2.45, 2.75) is 20.8 Å². The summed E-state index contributed by atoms with van der Waals surface area (Å²) in [5.41, 5.74) is 5.25. The average Bonchev–Trinajstić information content (AvgIpc) is 2.42. The van der Waals surface area contributed by atoms with Gasteiger partial charge in [0.1, 0.15) is 0 Å². The number of nitrogens with zero attached hydrogens (tertiary/aromatic N) is 2. The van der Waals surface area contributed by atoms with Gasteiger partial charge in [-0.25, -0.2) is 0 Å². The molecule has 4 heteroatoms. The molecule has 0 bridgehead atoms. The van der Waals surface area contributed by atoms with Crippen LogP contribution in [0.1, 0.15) is 27.3 Å². The minimum atomic E-state index is -0.115. The second-order valence-corrected chi connectivity index (χ2v) is 5.44. The van der Waals surface area contributed by atoms with Crippen molar-refractivity contribution in [2.75, 3.05) is 24.3 Å². The maximum atomic E-state index is 12.4. The van der Waals surface area contributed by atoms with Crippen molar-refractivity contribution in [1.82, 2.24) is 4.98 Å². The summed E-state index contributed by atoms with van der Waals surface area (Å²) >= 11 is 0. The molecule has 1 amide bonds. The lowest BCUT2D eigenvalue weighted by atomic mass is 10.1. The molecule has 0 aliphatic heterocycles. The van der Waals surface area contributed by atoms with Gasteiger partial charge < -0.3 is 10.2 Å². The Balaban J connectivity index is 2.28. The highest BCUT2D eigenvalue weighted by Gasteiger charge is 2.12. The summed E-state index contributed by atoms with van der Waals surface area (Å²) in [5.74, 6) is -0.115. The molecule has 0 fully saturated rings. The minimum absolute atomic E-state index is 0.115. The van der Waals surface area contributed by atoms with Crippen molar-refractivity contribution in [3.63, 3.8) is 0 Å². The van der Waals surface area contributed by atoms with Gasteiger partial charge in [-0.05, 0) is 50.6 Å². The normalized spacial score (nSPS) is 10.3. The van der Waals surface area contributed by atoms with Gasteiger partial charge in [-0.1, -0.05) is 6.07 Å². The fraction of sp³-hybridized carbons (Fsp3) is 0.294. The molecule has 0 saturated carbocycles. The van der Waals surface area contributed by atoms with Crippen LogP contribution in [0.4, 0.5) is 11.4 Å². The smallest absolute Gasteiger partial charge is 0.255 e. The van der Waals surface area contributed by atoms with E-state index in [0.29, 0.717) is 5.56 Å². The molecule has 1 aromatic heterocycles. The molecule has 0 saturated heterocycles. The van der Waals surface area contributed by atoms with Crippen molar-refractivity contribution in [3.8, 4) is 0 Å². The van der Waals surface area contributed by atoms with Gasteiger partial charge in [0.15, 0.2) is 0 Å². The van der Waals surface area contributed by atoms with E-state index in [9.17, 15) is 4.79 Å². The number of hydrogen-bond donors (Lipinski definition) is 1. The summed E-state index contributed by atoms with van der Waals surface area (Å²) < 4.78 is 0. The number of pyridine rings is 1. The van der Waals surface area contributed by atoms with E-state index in [1.54, 1.807) is 0 Å². The predicted octanol–water partition coefficient (Wildman–Crippen LogP) is 3.33. The second-order valence-electron chi connectivity index (χ2n) is 5.44. The molecule has 0 radical (unpaired) electrons. The summed E-state index contributed by atoms with van der Waals surface area (Å²) in [7, 11) is 3.91. The molecule has 1 aromatic carbocycles. The third kappa shape index (κ3) is 3.40. The van der Waals surface area contributed by atoms with Crippen molar-refractivity contribution in [3.05, 3.63) is 52.8 Å². The van der Waals surface area contributed by atoms with E-state index in [-0.39, 0.29) is 5.91 Å². The molecule has 1 N–H and O–H groups in total. The lowest BCUT2D eigenvalue weighted by molar-refractivity contribution is 0.102. The van der Waals surface area contributed by atoms with Gasteiger partial charge in [-0.15, -0.1) is 0 Å². The number of carbonyl (C=O) groups excluding carboxylic acids is 1. The van der Waals surface area contributed by atoms with Gasteiger partial charge in [0.2, 0.25) is 0 Å². The molecular formula is C17H21N3O. The number of benzene rings is 1. The second kappa shape index (κ2) is 5.95. The summed E-state index contributed by atoms with van der Waals surface area (Å²) in [5, 5.41) is 2.97. The largest absolute Gasteiger partial charge is 0.378 e. The molecule has 21 heavy (non-hydrogen) atoms. The van der Waals surface area contributed by atoms with Crippen LogP contribution < -0.4 is 10.2 Å². The number of aromatic nitrogens is 1. The summed E-state index contributed by atoms with van der Waals surface area (Å²) in [6.45, 7) is 5.84. The molecule has 1 heterocycles. The predicted molar refractivity (Wildman–Crippen MR) is 87.2 cm³/mol. The first-order valence-electron chi connectivity index (χ1n) is 6.92. The third-order valence-corrected chi connectivity index (χ3v) is 3.39. The Morgan fingerprint density at radius 1 is 1.14 bits per heavy atom. The highest BCUT2D eigenvalue weighted by Crippen LogP contribution is 2.21. The van der Waals surface area contributed by atoms with Gasteiger partial charge >= 0.3 is 0 Å². The quantitative estimate of drug-likeness (QED) is 0.939. The molecule has 2 aromatic rings. The fourth-order valence-corrected chi connectivity index (χ4v) is 2.32. The zero-order valence-electron chi connectivity index (χ0n) is 13.2. The Hall–Kier alpha value is -2.36. The van der Waals surface area contributed by atoms with Crippen LogP contribution in [0.15, 0.2) is 30.3 Å². The highest BCUT2D eigenvalue weighted by molar-refractivity contribution is 6.05. The maximum Gasteiger partial charge on any atom is 0.255 e. The topological polar surface area (TPSA) is 45.2 Å². The van der Waals surface area contributed by atoms with E-state index >= 15 is 0 Å². The molecule has 0 spiro atoms. The maximum absolute atomic E-state index is 12.4. The zero-order chi connectivity index (χ0) is 15.6. The molecule has 0 aliphatic rings. The first-order valence-corrected chi connectivity index (χ1v) is 6.92. The van der Waals surface area contributed by atoms with E-state index in [0.717, 1.165) is 28.3 Å². The van der Waals surface area contributed by atoms with Gasteiger partial charge in [-0.3, -0.25) is 9.78 Å². The van der Waals surface area contributed by atoms with Crippen LogP contribution in [0.3, 0.4) is 0 Å². The lowest BCUT2D eigenvalue weighted by Gasteiger charge is -2.15. The van der Waals surface area contributed by atoms with Gasteiger partial charge in [0.05, 0.1) is 11.4 Å². The van der Waals surface area contributed by atoms with Gasteiger partial charge in [-0.2, -0.15) is 0 Å². The van der Waals surface area contributed by atoms with Crippen LogP contribution in [-0.2, 0) is 0 Å². The van der Waals surface area contributed by atoms with E-state index in [2.05, 4.69) is 10.3 Å². The Morgan fingerprint density at radius 3 is 2.48 bits per heavy atom. The van der Waals surface area contributed by atoms with Crippen molar-refractivity contribution in [2.24, 2.45) is 0 Å². The zero-order valence-corrected chi connectivity index (χ0v) is 13.2. The number of aryl methyl sites for hydroxylation is 3. The van der Waals surface area contributed by atoms with Crippen LogP contribution >= 0.6 is 0 Å². The Bertz CT molecular complexity index is 654. The molecule has 0 aliphatic carbocycles. The van der Waals surface area contributed by atoms with Crippen LogP contribution in [0.25, 0.3) is 0 Å². The standard InChI is InChI=1S/C17H21N3O/c1-11-9-12(2)18-13(3)16(11)19-17(21)14-7-6-8-15(10-14)20(4)5/h6-10H,1-5H3,(H,19,21). The highest BCUT2D eigenvalue weighted by atomic mass is 16.1. The van der Waals surface area contributed by atoms with E-state index in [1.807, 2.05) is 70.1 Å². The molecule has 0 atom stereocenters. The number of hydrogen-bond acceptors (Lipinski definition) is 3. The Morgan fingerprint density at radius 2 is 1.86 bits per heavy atom. The first kappa shape index (κ1) is 15.0. The van der Waals surface area contributed by atoms with Gasteiger partial charge in [0, 0.05) is 31.0 Å². The Kier molecular flexibility index (Phi) is 4.26. The number of amides is 1. The molecule has 4 nitrogen and oxygen atoms in total. The van der Waals surface area contributed by atoms with E-state index < -0.39 is 0 Å². The van der Waals surface area contributed by atoms with Crippen molar-refractivity contribution >= 4 is 17.3 Å². The number of nitrogens with one attached hydrogen (secondary N) is 1. The number of anilines is 2. The van der Waals surface area contributed by atoms with Crippen molar-refractivity contribution in [1.29, 1.82) is 0 Å². The molecule has 0 unspecified atom stereocenters. The van der Waals surface area contributed by atoms with Crippen LogP contribution in [0.2, 0.25) is 0 Å². The summed E-state index contributed by atoms with van der Waals surface area (Å²) in [6.07, 6.45) is 0. The SMILES string of the molecule is Cc1cc(C)c(NC(=O)c2cccc(N(C)C)c2)c(C)n1. The summed E-state index contributed by atoms with van der Waals surface area (Å²) in [6, 6.07) is 9.52. The number of rotatable bonds is 3. The van der Waals surface area contributed by atoms with Gasteiger partial charge in [0.25, 0.3) is 5.91 Å². The van der Waals surface area contributed by atoms with Crippen LogP contribution in [0, 0.1) is 20.8 Å². The molecule has 110 valence electrons. The monoisotopic (exact) mass is 283 g/mol. The first-order chi connectivity index (χ1) is 9.88. The third-order valence-electron chi connectivity index (χ3n) is 3.39. The fourth-order valence-electron chi connectivity index (χ4n) is 2.32. The van der Waals surface area contributed by atoms with Crippen LogP contribution in [-0.4, -0.2) is 25.0 Å². The molecule has 2 rings (SSSR count). The summed E-state index contributed by atoms with van der Waals surface area (Å²) in [4.78, 5) is 18.8. The van der Waals surface area contributed by atoms with E-state index in [1.165, 1.54) is 0 Å². The van der Waals surface area contributed by atoms with Crippen molar-refractivity contribution < 1.29 is 4.79 Å². The molecular weight excluding hydrogens is 262 g/mol. The van der Waals surface area contributed by atoms with E-state index in [4.69, 9.17) is 0 Å². The van der Waals surface area contributed by atoms with Crippen LogP contribution in [0.5, 0.6) is 0 Å². The average molecular weight is 283 g/mol.